The number of amides is 1. The topological polar surface area (TPSA) is 82.7 Å². The van der Waals surface area contributed by atoms with Crippen LogP contribution in [0.1, 0.15) is 24.8 Å². The van der Waals surface area contributed by atoms with E-state index in [1.54, 1.807) is 9.21 Å². The zero-order chi connectivity index (χ0) is 19.7. The van der Waals surface area contributed by atoms with Crippen molar-refractivity contribution < 1.29 is 17.9 Å². The Kier molecular flexibility index (Phi) is 5.44. The molecule has 0 unspecified atom stereocenters. The number of nitrogens with one attached hydrogen (secondary N) is 1. The molecule has 0 spiro atoms. The third-order valence-corrected chi connectivity index (χ3v) is 7.15. The molecular weight excluding hydrogens is 378 g/mol. The van der Waals surface area contributed by atoms with Gasteiger partial charge in [-0.25, -0.2) is 8.42 Å². The molecule has 152 valence electrons. The number of hydrogen-bond acceptors (Lipinski definition) is 4. The van der Waals surface area contributed by atoms with E-state index in [4.69, 9.17) is 4.74 Å². The number of ether oxygens (including phenoxy) is 1. The van der Waals surface area contributed by atoms with E-state index in [0.29, 0.717) is 39.1 Å². The Hall–Kier alpha value is -1.90. The van der Waals surface area contributed by atoms with E-state index >= 15 is 0 Å². The molecule has 2 aliphatic heterocycles. The van der Waals surface area contributed by atoms with Gasteiger partial charge in [0.05, 0.1) is 12.3 Å². The molecule has 4 rings (SSSR count). The summed E-state index contributed by atoms with van der Waals surface area (Å²) < 4.78 is 31.6. The van der Waals surface area contributed by atoms with Crippen LogP contribution in [-0.2, 0) is 26.0 Å². The Morgan fingerprint density at radius 2 is 1.93 bits per heavy atom. The van der Waals surface area contributed by atoms with Gasteiger partial charge >= 0.3 is 0 Å². The predicted molar refractivity (Wildman–Crippen MR) is 108 cm³/mol. The molecule has 1 N–H and O–H groups in total. The fraction of sp³-hybridized carbons (Fsp3) is 0.550. The maximum atomic E-state index is 12.6. The number of aryl methyl sites for hydroxylation is 1. The Labute approximate surface area is 165 Å². The van der Waals surface area contributed by atoms with Crippen LogP contribution in [0.15, 0.2) is 30.5 Å². The molecule has 0 atom stereocenters. The molecule has 1 aromatic carbocycles. The predicted octanol–water partition coefficient (Wildman–Crippen LogP) is 1.75. The lowest BCUT2D eigenvalue weighted by Crippen LogP contribution is -2.64. The van der Waals surface area contributed by atoms with Crippen LogP contribution in [0.5, 0.6) is 0 Å². The minimum atomic E-state index is -3.31. The molecule has 2 aliphatic rings. The van der Waals surface area contributed by atoms with Gasteiger partial charge in [-0.2, -0.15) is 4.31 Å². The fourth-order valence-corrected chi connectivity index (χ4v) is 5.76. The van der Waals surface area contributed by atoms with Crippen LogP contribution in [0, 0.1) is 0 Å². The van der Waals surface area contributed by atoms with Crippen LogP contribution < -0.4 is 0 Å². The number of rotatable bonds is 6. The number of carbonyl (C=O) groups is 1. The number of hydrogen-bond donors (Lipinski definition) is 1. The molecule has 0 saturated carbocycles. The highest BCUT2D eigenvalue weighted by Crippen LogP contribution is 2.26. The summed E-state index contributed by atoms with van der Waals surface area (Å²) in [5, 5.41) is 1.15. The molecule has 1 amide bonds. The Morgan fingerprint density at radius 3 is 2.64 bits per heavy atom. The van der Waals surface area contributed by atoms with E-state index in [0.717, 1.165) is 29.3 Å². The van der Waals surface area contributed by atoms with Crippen molar-refractivity contribution >= 4 is 26.8 Å². The molecule has 2 fully saturated rings. The zero-order valence-corrected chi connectivity index (χ0v) is 17.0. The third-order valence-electron chi connectivity index (χ3n) is 5.79. The first kappa shape index (κ1) is 19.4. The van der Waals surface area contributed by atoms with E-state index < -0.39 is 10.0 Å². The number of para-hydroxylation sites is 1. The van der Waals surface area contributed by atoms with E-state index in [2.05, 4.69) is 11.1 Å². The summed E-state index contributed by atoms with van der Waals surface area (Å²) in [4.78, 5) is 17.6. The highest BCUT2D eigenvalue weighted by atomic mass is 32.2. The summed E-state index contributed by atoms with van der Waals surface area (Å²) in [5.74, 6) is 0.0851. The van der Waals surface area contributed by atoms with E-state index in [1.807, 2.05) is 24.4 Å². The largest absolute Gasteiger partial charge is 0.381 e. The molecular formula is C20H27N3O4S. The van der Waals surface area contributed by atoms with Crippen molar-refractivity contribution in [1.29, 1.82) is 0 Å². The van der Waals surface area contributed by atoms with E-state index in [1.165, 1.54) is 6.26 Å². The van der Waals surface area contributed by atoms with Gasteiger partial charge in [0.15, 0.2) is 0 Å². The van der Waals surface area contributed by atoms with Crippen molar-refractivity contribution in [2.45, 2.75) is 37.8 Å². The smallest absolute Gasteiger partial charge is 0.223 e. The van der Waals surface area contributed by atoms with Crippen LogP contribution in [0.25, 0.3) is 10.9 Å². The standard InChI is InChI=1S/C20H27N3O4S/c1-28(25,26)23(16-8-10-27-11-9-16)17-13-22(14-17)20(24)7-6-15-12-21-19-5-3-2-4-18(15)19/h2-5,12,16-17,21H,6-11,13-14H2,1H3. The van der Waals surface area contributed by atoms with E-state index in [9.17, 15) is 13.2 Å². The SMILES string of the molecule is CS(=O)(=O)N(C1CCOCC1)C1CN(C(=O)CCc2c[nH]c3ccccc23)C1. The van der Waals surface area contributed by atoms with Crippen molar-refractivity contribution in [2.24, 2.45) is 0 Å². The average Bonchev–Trinajstić information content (AvgIpc) is 3.05. The second-order valence-electron chi connectivity index (χ2n) is 7.75. The number of sulfonamides is 1. The number of fused-ring (bicyclic) bond motifs is 1. The molecule has 7 nitrogen and oxygen atoms in total. The summed E-state index contributed by atoms with van der Waals surface area (Å²) in [6.07, 6.45) is 5.79. The van der Waals surface area contributed by atoms with Crippen LogP contribution in [0.3, 0.4) is 0 Å². The minimum absolute atomic E-state index is 0.0165. The fourth-order valence-electron chi connectivity index (χ4n) is 4.34. The van der Waals surface area contributed by atoms with E-state index in [-0.39, 0.29) is 18.0 Å². The Bertz CT molecular complexity index is 943. The van der Waals surface area contributed by atoms with Crippen LogP contribution in [0.4, 0.5) is 0 Å². The normalized spacial score (nSPS) is 19.3. The first-order valence-corrected chi connectivity index (χ1v) is 11.7. The molecule has 28 heavy (non-hydrogen) atoms. The highest BCUT2D eigenvalue weighted by molar-refractivity contribution is 7.88. The lowest BCUT2D eigenvalue weighted by molar-refractivity contribution is -0.138. The number of carbonyl (C=O) groups excluding carboxylic acids is 1. The van der Waals surface area contributed by atoms with Crippen LogP contribution >= 0.6 is 0 Å². The summed E-state index contributed by atoms with van der Waals surface area (Å²) in [6.45, 7) is 2.15. The van der Waals surface area contributed by atoms with Crippen LogP contribution in [-0.4, -0.2) is 73.2 Å². The highest BCUT2D eigenvalue weighted by Gasteiger charge is 2.42. The van der Waals surface area contributed by atoms with Crippen LogP contribution in [0.2, 0.25) is 0 Å². The van der Waals surface area contributed by atoms with Gasteiger partial charge in [0, 0.05) is 55.9 Å². The molecule has 2 aromatic rings. The second kappa shape index (κ2) is 7.85. The van der Waals surface area contributed by atoms with Crippen molar-refractivity contribution in [3.63, 3.8) is 0 Å². The maximum absolute atomic E-state index is 12.6. The molecule has 0 aliphatic carbocycles. The Morgan fingerprint density at radius 1 is 1.21 bits per heavy atom. The van der Waals surface area contributed by atoms with Gasteiger partial charge in [-0.3, -0.25) is 4.79 Å². The molecule has 2 saturated heterocycles. The number of likely N-dealkylation sites (tertiary alicyclic amines) is 1. The van der Waals surface area contributed by atoms with Gasteiger partial charge < -0.3 is 14.6 Å². The molecule has 3 heterocycles. The average molecular weight is 406 g/mol. The van der Waals surface area contributed by atoms with Crippen molar-refractivity contribution in [3.05, 3.63) is 36.0 Å². The van der Waals surface area contributed by atoms with Gasteiger partial charge in [-0.05, 0) is 30.9 Å². The quantitative estimate of drug-likeness (QED) is 0.794. The lowest BCUT2D eigenvalue weighted by atomic mass is 10.0. The number of aromatic amines is 1. The van der Waals surface area contributed by atoms with Gasteiger partial charge in [-0.15, -0.1) is 0 Å². The van der Waals surface area contributed by atoms with Gasteiger partial charge in [0.2, 0.25) is 15.9 Å². The number of H-pyrrole nitrogens is 1. The molecule has 8 heteroatoms. The second-order valence-corrected chi connectivity index (χ2v) is 9.64. The van der Waals surface area contributed by atoms with Gasteiger partial charge in [-0.1, -0.05) is 18.2 Å². The first-order chi connectivity index (χ1) is 13.4. The summed E-state index contributed by atoms with van der Waals surface area (Å²) >= 11 is 0. The Balaban J connectivity index is 1.34. The van der Waals surface area contributed by atoms with Crippen molar-refractivity contribution in [1.82, 2.24) is 14.2 Å². The van der Waals surface area contributed by atoms with Crippen molar-refractivity contribution in [2.75, 3.05) is 32.6 Å². The molecule has 1 aromatic heterocycles. The number of aromatic nitrogens is 1. The zero-order valence-electron chi connectivity index (χ0n) is 16.1. The number of benzene rings is 1. The lowest BCUT2D eigenvalue weighted by Gasteiger charge is -2.47. The third kappa shape index (κ3) is 3.94. The van der Waals surface area contributed by atoms with Gasteiger partial charge in [0.25, 0.3) is 0 Å². The summed E-state index contributed by atoms with van der Waals surface area (Å²) in [6, 6.07) is 7.93. The maximum Gasteiger partial charge on any atom is 0.223 e. The monoisotopic (exact) mass is 405 g/mol. The molecule has 0 bridgehead atoms. The van der Waals surface area contributed by atoms with Crippen molar-refractivity contribution in [3.8, 4) is 0 Å². The minimum Gasteiger partial charge on any atom is -0.381 e. The molecule has 0 radical (unpaired) electrons. The summed E-state index contributed by atoms with van der Waals surface area (Å²) in [5.41, 5.74) is 2.22. The number of nitrogens with zero attached hydrogens (tertiary/aromatic N) is 2. The summed E-state index contributed by atoms with van der Waals surface area (Å²) in [7, 11) is -3.31. The first-order valence-electron chi connectivity index (χ1n) is 9.82. The van der Waals surface area contributed by atoms with Gasteiger partial charge in [0.1, 0.15) is 0 Å².